The van der Waals surface area contributed by atoms with E-state index < -0.39 is 0 Å². The molecule has 0 aliphatic heterocycles. The first kappa shape index (κ1) is 35.6. The van der Waals surface area contributed by atoms with Crippen molar-refractivity contribution in [2.75, 3.05) is 0 Å². The molecule has 0 radical (unpaired) electrons. The van der Waals surface area contributed by atoms with E-state index in [4.69, 9.17) is 14.4 Å². The zero-order valence-corrected chi connectivity index (χ0v) is 33.6. The SMILES string of the molecule is c1ccc(-c2cc(-c3ccccc3)nc(-c3cc(-c4ccccc4)c(-n4c5ccccc5c5c6oc7c(-c8ccccc8)cccc7c6ccc54)c(-c4ccccc4)c3)n2)cc1. The summed E-state index contributed by atoms with van der Waals surface area (Å²) in [4.78, 5) is 10.6. The van der Waals surface area contributed by atoms with Crippen LogP contribution in [0.1, 0.15) is 0 Å². The Morgan fingerprint density at radius 1 is 0.323 bits per heavy atom. The first-order valence-electron chi connectivity index (χ1n) is 21.0. The van der Waals surface area contributed by atoms with Crippen molar-refractivity contribution in [1.82, 2.24) is 14.5 Å². The predicted octanol–water partition coefficient (Wildman–Crippen LogP) is 15.5. The first-order chi connectivity index (χ1) is 30.8. The maximum atomic E-state index is 7.08. The predicted molar refractivity (Wildman–Crippen MR) is 256 cm³/mol. The maximum Gasteiger partial charge on any atom is 0.160 e. The molecular weight excluding hydrogens is 755 g/mol. The van der Waals surface area contributed by atoms with Crippen molar-refractivity contribution < 1.29 is 4.42 Å². The number of benzene rings is 9. The van der Waals surface area contributed by atoms with Crippen LogP contribution in [-0.4, -0.2) is 14.5 Å². The van der Waals surface area contributed by atoms with Crippen molar-refractivity contribution in [3.05, 3.63) is 224 Å². The highest BCUT2D eigenvalue weighted by molar-refractivity contribution is 6.25. The summed E-state index contributed by atoms with van der Waals surface area (Å²) in [5.41, 5.74) is 16.3. The number of rotatable bonds is 7. The Morgan fingerprint density at radius 2 is 0.790 bits per heavy atom. The number of furan rings is 1. The Labute approximate surface area is 358 Å². The van der Waals surface area contributed by atoms with Crippen LogP contribution in [0.25, 0.3) is 117 Å². The molecule has 0 saturated heterocycles. The molecule has 0 aliphatic rings. The number of fused-ring (bicyclic) bond motifs is 7. The smallest absolute Gasteiger partial charge is 0.160 e. The molecular formula is C58H37N3O. The van der Waals surface area contributed by atoms with E-state index in [9.17, 15) is 0 Å². The van der Waals surface area contributed by atoms with Crippen LogP contribution in [0.5, 0.6) is 0 Å². The molecule has 12 rings (SSSR count). The molecule has 0 unspecified atom stereocenters. The second kappa shape index (κ2) is 14.7. The Morgan fingerprint density at radius 3 is 1.35 bits per heavy atom. The average Bonchev–Trinajstić information content (AvgIpc) is 3.91. The topological polar surface area (TPSA) is 43.9 Å². The number of para-hydroxylation sites is 2. The van der Waals surface area contributed by atoms with Crippen LogP contribution in [0.15, 0.2) is 229 Å². The van der Waals surface area contributed by atoms with Crippen molar-refractivity contribution in [2.45, 2.75) is 0 Å². The minimum Gasteiger partial charge on any atom is -0.455 e. The van der Waals surface area contributed by atoms with Gasteiger partial charge in [-0.2, -0.15) is 0 Å². The largest absolute Gasteiger partial charge is 0.455 e. The van der Waals surface area contributed by atoms with Gasteiger partial charge in [-0.05, 0) is 53.1 Å². The molecule has 4 heteroatoms. The summed E-state index contributed by atoms with van der Waals surface area (Å²) in [7, 11) is 0. The fourth-order valence-electron chi connectivity index (χ4n) is 9.16. The molecule has 290 valence electrons. The van der Waals surface area contributed by atoms with Crippen molar-refractivity contribution in [3.63, 3.8) is 0 Å². The fourth-order valence-corrected chi connectivity index (χ4v) is 9.16. The Balaban J connectivity index is 1.18. The molecule has 0 fully saturated rings. The summed E-state index contributed by atoms with van der Waals surface area (Å²) in [5.74, 6) is 0.659. The Kier molecular flexibility index (Phi) is 8.46. The van der Waals surface area contributed by atoms with Gasteiger partial charge >= 0.3 is 0 Å². The van der Waals surface area contributed by atoms with Crippen LogP contribution in [0, 0.1) is 0 Å². The van der Waals surface area contributed by atoms with Crippen LogP contribution in [0.3, 0.4) is 0 Å². The van der Waals surface area contributed by atoms with Gasteiger partial charge in [-0.15, -0.1) is 0 Å². The molecule has 0 N–H and O–H groups in total. The van der Waals surface area contributed by atoms with Gasteiger partial charge in [-0.25, -0.2) is 9.97 Å². The molecule has 62 heavy (non-hydrogen) atoms. The third-order valence-electron chi connectivity index (χ3n) is 12.0. The lowest BCUT2D eigenvalue weighted by molar-refractivity contribution is 0.674. The molecule has 12 aromatic rings. The molecule has 0 saturated carbocycles. The van der Waals surface area contributed by atoms with Crippen LogP contribution in [-0.2, 0) is 0 Å². The van der Waals surface area contributed by atoms with Gasteiger partial charge < -0.3 is 8.98 Å². The third-order valence-corrected chi connectivity index (χ3v) is 12.0. The van der Waals surface area contributed by atoms with Crippen molar-refractivity contribution >= 4 is 43.7 Å². The lowest BCUT2D eigenvalue weighted by Crippen LogP contribution is -2.03. The van der Waals surface area contributed by atoms with Crippen LogP contribution < -0.4 is 0 Å². The highest BCUT2D eigenvalue weighted by Gasteiger charge is 2.25. The normalized spacial score (nSPS) is 11.5. The highest BCUT2D eigenvalue weighted by Crippen LogP contribution is 2.47. The van der Waals surface area contributed by atoms with Gasteiger partial charge in [0.2, 0.25) is 0 Å². The Bertz CT molecular complexity index is 3480. The summed E-state index contributed by atoms with van der Waals surface area (Å²) in [6.45, 7) is 0. The van der Waals surface area contributed by atoms with Gasteiger partial charge in [0, 0.05) is 49.5 Å². The molecule has 3 aromatic heterocycles. The minimum atomic E-state index is 0.659. The molecule has 9 aromatic carbocycles. The van der Waals surface area contributed by atoms with Gasteiger partial charge in [0.05, 0.1) is 33.5 Å². The summed E-state index contributed by atoms with van der Waals surface area (Å²) < 4.78 is 9.53. The van der Waals surface area contributed by atoms with E-state index in [0.717, 1.165) is 111 Å². The summed E-state index contributed by atoms with van der Waals surface area (Å²) in [6.07, 6.45) is 0. The molecule has 0 bridgehead atoms. The number of hydrogen-bond acceptors (Lipinski definition) is 3. The zero-order valence-electron chi connectivity index (χ0n) is 33.6. The fraction of sp³-hybridized carbons (Fsp3) is 0. The number of aromatic nitrogens is 3. The van der Waals surface area contributed by atoms with E-state index in [0.29, 0.717) is 5.82 Å². The van der Waals surface area contributed by atoms with E-state index in [1.807, 2.05) is 12.1 Å². The van der Waals surface area contributed by atoms with Gasteiger partial charge in [0.1, 0.15) is 11.2 Å². The van der Waals surface area contributed by atoms with Crippen LogP contribution in [0.2, 0.25) is 0 Å². The molecule has 0 aliphatic carbocycles. The average molecular weight is 792 g/mol. The summed E-state index contributed by atoms with van der Waals surface area (Å²) >= 11 is 0. The van der Waals surface area contributed by atoms with E-state index >= 15 is 0 Å². The molecule has 3 heterocycles. The zero-order chi connectivity index (χ0) is 41.0. The maximum absolute atomic E-state index is 7.08. The van der Waals surface area contributed by atoms with Crippen molar-refractivity contribution in [2.24, 2.45) is 0 Å². The third kappa shape index (κ3) is 5.92. The van der Waals surface area contributed by atoms with Gasteiger partial charge in [0.15, 0.2) is 5.82 Å². The summed E-state index contributed by atoms with van der Waals surface area (Å²) in [5, 5.41) is 4.41. The van der Waals surface area contributed by atoms with E-state index in [-0.39, 0.29) is 0 Å². The van der Waals surface area contributed by atoms with E-state index in [2.05, 4.69) is 217 Å². The van der Waals surface area contributed by atoms with Crippen LogP contribution in [0.4, 0.5) is 0 Å². The molecule has 4 nitrogen and oxygen atoms in total. The molecule has 0 atom stereocenters. The van der Waals surface area contributed by atoms with Gasteiger partial charge in [-0.1, -0.05) is 188 Å². The quantitative estimate of drug-likeness (QED) is 0.161. The Hall–Kier alpha value is -8.34. The second-order valence-electron chi connectivity index (χ2n) is 15.7. The van der Waals surface area contributed by atoms with Crippen LogP contribution >= 0.6 is 0 Å². The number of hydrogen-bond donors (Lipinski definition) is 0. The van der Waals surface area contributed by atoms with E-state index in [1.165, 1.54) is 0 Å². The van der Waals surface area contributed by atoms with E-state index in [1.54, 1.807) is 0 Å². The lowest BCUT2D eigenvalue weighted by Gasteiger charge is -2.21. The summed E-state index contributed by atoms with van der Waals surface area (Å²) in [6, 6.07) is 79.0. The van der Waals surface area contributed by atoms with Crippen molar-refractivity contribution in [3.8, 4) is 73.0 Å². The monoisotopic (exact) mass is 791 g/mol. The minimum absolute atomic E-state index is 0.659. The second-order valence-corrected chi connectivity index (χ2v) is 15.7. The van der Waals surface area contributed by atoms with Gasteiger partial charge in [-0.3, -0.25) is 0 Å². The van der Waals surface area contributed by atoms with Gasteiger partial charge in [0.25, 0.3) is 0 Å². The highest BCUT2D eigenvalue weighted by atomic mass is 16.3. The molecule has 0 spiro atoms. The number of nitrogens with zero attached hydrogens (tertiary/aromatic N) is 3. The first-order valence-corrected chi connectivity index (χ1v) is 21.0. The molecule has 0 amide bonds. The standard InChI is InChI=1S/C58H37N3O/c1-6-19-38(20-7-1)44-30-18-31-45-46-33-34-53-54(57(46)62-56(44)45)47-29-16-17-32-52(47)61(53)55-48(39-21-8-2-9-22-39)35-43(36-49(55)40-23-10-3-11-24-40)58-59-50(41-25-12-4-13-26-41)37-51(60-58)42-27-14-5-15-28-42/h1-37H. The van der Waals surface area contributed by atoms with Crippen molar-refractivity contribution in [1.29, 1.82) is 0 Å². The lowest BCUT2D eigenvalue weighted by atomic mass is 9.92.